The summed E-state index contributed by atoms with van der Waals surface area (Å²) in [6.07, 6.45) is 1.12. The van der Waals surface area contributed by atoms with Crippen molar-refractivity contribution in [1.82, 2.24) is 10.6 Å². The molecule has 0 aliphatic heterocycles. The van der Waals surface area contributed by atoms with E-state index in [-0.39, 0.29) is 11.5 Å². The summed E-state index contributed by atoms with van der Waals surface area (Å²) in [5.74, 6) is 0.818. The second-order valence-corrected chi connectivity index (χ2v) is 6.71. The molecule has 0 aliphatic carbocycles. The molecule has 0 aliphatic rings. The molecular weight excluding hydrogens is 274 g/mol. The van der Waals surface area contributed by atoms with Gasteiger partial charge >= 0.3 is 0 Å². The van der Waals surface area contributed by atoms with Crippen molar-refractivity contribution in [3.8, 4) is 0 Å². The molecule has 4 nitrogen and oxygen atoms in total. The lowest BCUT2D eigenvalue weighted by Gasteiger charge is -2.30. The van der Waals surface area contributed by atoms with E-state index in [0.717, 1.165) is 25.5 Å². The summed E-state index contributed by atoms with van der Waals surface area (Å²) in [6.45, 7) is 10.2. The molecule has 1 aromatic carbocycles. The van der Waals surface area contributed by atoms with Gasteiger partial charge in [-0.1, -0.05) is 50.6 Å². The Hall–Kier alpha value is -1.55. The van der Waals surface area contributed by atoms with Crippen LogP contribution in [0.2, 0.25) is 0 Å². The highest BCUT2D eigenvalue weighted by molar-refractivity contribution is 5.79. The molecule has 0 saturated carbocycles. The number of hydrogen-bond donors (Lipinski definition) is 2. The van der Waals surface area contributed by atoms with Gasteiger partial charge in [0.15, 0.2) is 5.96 Å². The van der Waals surface area contributed by atoms with Crippen molar-refractivity contribution >= 4 is 5.96 Å². The summed E-state index contributed by atoms with van der Waals surface area (Å²) in [4.78, 5) is 4.26. The molecule has 1 unspecified atom stereocenters. The minimum absolute atomic E-state index is 0.0997. The topological polar surface area (TPSA) is 45.7 Å². The van der Waals surface area contributed by atoms with Gasteiger partial charge < -0.3 is 15.4 Å². The van der Waals surface area contributed by atoms with Crippen molar-refractivity contribution in [2.24, 2.45) is 10.4 Å². The number of nitrogens with zero attached hydrogens (tertiary/aromatic N) is 1. The first-order chi connectivity index (χ1) is 10.4. The van der Waals surface area contributed by atoms with Gasteiger partial charge in [-0.3, -0.25) is 4.99 Å². The fraction of sp³-hybridized carbons (Fsp3) is 0.611. The molecule has 1 aromatic rings. The Morgan fingerprint density at radius 3 is 2.32 bits per heavy atom. The third-order valence-corrected chi connectivity index (χ3v) is 3.76. The van der Waals surface area contributed by atoms with Gasteiger partial charge in [0.05, 0.1) is 6.10 Å². The minimum atomic E-state index is 0.0997. The van der Waals surface area contributed by atoms with Crippen LogP contribution in [-0.4, -0.2) is 39.3 Å². The molecule has 124 valence electrons. The first-order valence-electron chi connectivity index (χ1n) is 7.89. The zero-order valence-electron chi connectivity index (χ0n) is 14.9. The average molecular weight is 305 g/mol. The Balaban J connectivity index is 2.38. The lowest BCUT2D eigenvalue weighted by molar-refractivity contribution is 0.0205. The predicted molar refractivity (Wildman–Crippen MR) is 94.5 cm³/mol. The summed E-state index contributed by atoms with van der Waals surface area (Å²) in [7, 11) is 3.55. The van der Waals surface area contributed by atoms with Crippen molar-refractivity contribution in [1.29, 1.82) is 0 Å². The van der Waals surface area contributed by atoms with Gasteiger partial charge in [0.1, 0.15) is 0 Å². The van der Waals surface area contributed by atoms with Crippen LogP contribution >= 0.6 is 0 Å². The van der Waals surface area contributed by atoms with Crippen molar-refractivity contribution in [2.45, 2.75) is 40.2 Å². The molecule has 0 heterocycles. The van der Waals surface area contributed by atoms with Crippen molar-refractivity contribution < 1.29 is 4.74 Å². The van der Waals surface area contributed by atoms with E-state index in [1.807, 2.05) is 0 Å². The third kappa shape index (κ3) is 6.48. The Labute approximate surface area is 135 Å². The predicted octanol–water partition coefficient (Wildman–Crippen LogP) is 2.76. The van der Waals surface area contributed by atoms with E-state index < -0.39 is 0 Å². The normalized spacial score (nSPS) is 13.8. The number of guanidine groups is 1. The minimum Gasteiger partial charge on any atom is -0.379 e. The SMILES string of the molecule is CN=C(NCCc1ccc(C)cc1)NCC(OC)C(C)(C)C. The Morgan fingerprint density at radius 2 is 1.82 bits per heavy atom. The van der Waals surface area contributed by atoms with E-state index in [4.69, 9.17) is 4.74 Å². The van der Waals surface area contributed by atoms with Gasteiger partial charge in [-0.2, -0.15) is 0 Å². The standard InChI is InChI=1S/C18H31N3O/c1-14-7-9-15(10-8-14)11-12-20-17(19-5)21-13-16(22-6)18(2,3)4/h7-10,16H,11-13H2,1-6H3,(H2,19,20,21). The van der Waals surface area contributed by atoms with Gasteiger partial charge in [-0.15, -0.1) is 0 Å². The summed E-state index contributed by atoms with van der Waals surface area (Å²) < 4.78 is 5.55. The first kappa shape index (κ1) is 18.5. The van der Waals surface area contributed by atoms with Crippen LogP contribution in [0, 0.1) is 12.3 Å². The number of methoxy groups -OCH3 is 1. The lowest BCUT2D eigenvalue weighted by Crippen LogP contribution is -2.45. The van der Waals surface area contributed by atoms with Crippen LogP contribution < -0.4 is 10.6 Å². The molecule has 1 atom stereocenters. The molecule has 0 spiro atoms. The van der Waals surface area contributed by atoms with Gasteiger partial charge in [-0.25, -0.2) is 0 Å². The molecular formula is C18H31N3O. The van der Waals surface area contributed by atoms with Gasteiger partial charge in [0, 0.05) is 27.2 Å². The van der Waals surface area contributed by atoms with Gasteiger partial charge in [-0.05, 0) is 24.3 Å². The quantitative estimate of drug-likeness (QED) is 0.627. The molecule has 0 amide bonds. The molecule has 4 heteroatoms. The number of ether oxygens (including phenoxy) is 1. The van der Waals surface area contributed by atoms with Crippen LogP contribution in [-0.2, 0) is 11.2 Å². The van der Waals surface area contributed by atoms with E-state index >= 15 is 0 Å². The van der Waals surface area contributed by atoms with Crippen molar-refractivity contribution in [3.05, 3.63) is 35.4 Å². The zero-order valence-corrected chi connectivity index (χ0v) is 14.9. The number of benzene rings is 1. The van der Waals surface area contributed by atoms with Crippen LogP contribution in [0.25, 0.3) is 0 Å². The summed E-state index contributed by atoms with van der Waals surface area (Å²) in [5, 5.41) is 6.68. The Kier molecular flexibility index (Phi) is 7.39. The highest BCUT2D eigenvalue weighted by Gasteiger charge is 2.24. The average Bonchev–Trinajstić information content (AvgIpc) is 2.46. The molecule has 0 fully saturated rings. The van der Waals surface area contributed by atoms with Gasteiger partial charge in [0.25, 0.3) is 0 Å². The van der Waals surface area contributed by atoms with Crippen molar-refractivity contribution in [3.63, 3.8) is 0 Å². The van der Waals surface area contributed by atoms with Crippen LogP contribution in [0.5, 0.6) is 0 Å². The van der Waals surface area contributed by atoms with E-state index in [1.54, 1.807) is 14.2 Å². The number of rotatable bonds is 6. The maximum absolute atomic E-state index is 5.55. The fourth-order valence-corrected chi connectivity index (χ4v) is 2.23. The Bertz CT molecular complexity index is 460. The highest BCUT2D eigenvalue weighted by Crippen LogP contribution is 2.20. The molecule has 0 radical (unpaired) electrons. The van der Waals surface area contributed by atoms with Crippen molar-refractivity contribution in [2.75, 3.05) is 27.2 Å². The summed E-state index contributed by atoms with van der Waals surface area (Å²) in [6, 6.07) is 8.64. The van der Waals surface area contributed by atoms with Crippen LogP contribution in [0.1, 0.15) is 31.9 Å². The number of nitrogens with one attached hydrogen (secondary N) is 2. The van der Waals surface area contributed by atoms with E-state index in [9.17, 15) is 0 Å². The smallest absolute Gasteiger partial charge is 0.191 e. The second kappa shape index (κ2) is 8.79. The van der Waals surface area contributed by atoms with E-state index in [0.29, 0.717) is 0 Å². The molecule has 0 saturated heterocycles. The molecule has 0 bridgehead atoms. The first-order valence-corrected chi connectivity index (χ1v) is 7.89. The maximum Gasteiger partial charge on any atom is 0.191 e. The summed E-state index contributed by atoms with van der Waals surface area (Å²) >= 11 is 0. The monoisotopic (exact) mass is 305 g/mol. The van der Waals surface area contributed by atoms with Crippen LogP contribution in [0.3, 0.4) is 0 Å². The second-order valence-electron chi connectivity index (χ2n) is 6.71. The number of hydrogen-bond acceptors (Lipinski definition) is 2. The number of aryl methyl sites for hydroxylation is 1. The van der Waals surface area contributed by atoms with Crippen LogP contribution in [0.4, 0.5) is 0 Å². The summed E-state index contributed by atoms with van der Waals surface area (Å²) in [5.41, 5.74) is 2.72. The highest BCUT2D eigenvalue weighted by atomic mass is 16.5. The fourth-order valence-electron chi connectivity index (χ4n) is 2.23. The lowest BCUT2D eigenvalue weighted by atomic mass is 9.89. The molecule has 1 rings (SSSR count). The van der Waals surface area contributed by atoms with Crippen LogP contribution in [0.15, 0.2) is 29.3 Å². The molecule has 22 heavy (non-hydrogen) atoms. The molecule has 0 aromatic heterocycles. The van der Waals surface area contributed by atoms with E-state index in [1.165, 1.54) is 11.1 Å². The molecule has 2 N–H and O–H groups in total. The largest absolute Gasteiger partial charge is 0.379 e. The third-order valence-electron chi connectivity index (χ3n) is 3.76. The van der Waals surface area contributed by atoms with Gasteiger partial charge in [0.2, 0.25) is 0 Å². The maximum atomic E-state index is 5.55. The Morgan fingerprint density at radius 1 is 1.18 bits per heavy atom. The van der Waals surface area contributed by atoms with E-state index in [2.05, 4.69) is 67.6 Å². The zero-order chi connectivity index (χ0) is 16.6. The number of aliphatic imine (C=N–C) groups is 1.